The van der Waals surface area contributed by atoms with Gasteiger partial charge in [-0.05, 0) is 6.42 Å². The first-order valence-corrected chi connectivity index (χ1v) is 8.12. The average Bonchev–Trinajstić information content (AvgIpc) is 2.31. The van der Waals surface area contributed by atoms with Crippen LogP contribution < -0.4 is 0 Å². The second-order valence-corrected chi connectivity index (χ2v) is 7.48. The summed E-state index contributed by atoms with van der Waals surface area (Å²) >= 11 is -0.749. The fourth-order valence-corrected chi connectivity index (χ4v) is 3.49. The Bertz CT molecular complexity index is 538. The van der Waals surface area contributed by atoms with E-state index < -0.39 is 68.6 Å². The van der Waals surface area contributed by atoms with Crippen molar-refractivity contribution < 1.29 is 47.9 Å². The molecule has 0 aliphatic carbocycles. The lowest BCUT2D eigenvalue weighted by molar-refractivity contribution is -0.253. The van der Waals surface area contributed by atoms with E-state index in [1.165, 1.54) is 0 Å². The zero-order valence-electron chi connectivity index (χ0n) is 10.8. The second kappa shape index (κ2) is 7.37. The maximum atomic E-state index is 13.1. The summed E-state index contributed by atoms with van der Waals surface area (Å²) in [5, 5.41) is 6.04. The van der Waals surface area contributed by atoms with E-state index in [-0.39, 0.29) is 0 Å². The summed E-state index contributed by atoms with van der Waals surface area (Å²) < 4.78 is 134. The number of alkyl halides is 9. The highest BCUT2D eigenvalue weighted by Gasteiger charge is 2.64. The molecule has 0 aromatic rings. The van der Waals surface area contributed by atoms with Crippen LogP contribution in [0.25, 0.3) is 0 Å². The molecule has 0 bridgehead atoms. The Morgan fingerprint density at radius 2 is 1.52 bits per heavy atom. The molecule has 14 heteroatoms. The van der Waals surface area contributed by atoms with Gasteiger partial charge >= 0.3 is 23.8 Å². The van der Waals surface area contributed by atoms with Crippen molar-refractivity contribution in [2.45, 2.75) is 35.4 Å². The summed E-state index contributed by atoms with van der Waals surface area (Å²) in [5.74, 6) is -15.5. The Hall–Kier alpha value is -0.840. The van der Waals surface area contributed by atoms with Crippen LogP contribution in [0.3, 0.4) is 0 Å². The number of sulfone groups is 1. The Labute approximate surface area is 128 Å². The molecule has 0 saturated heterocycles. The molecular formula is C9H8F9NO2S2. The lowest BCUT2D eigenvalue weighted by Crippen LogP contribution is -2.51. The summed E-state index contributed by atoms with van der Waals surface area (Å²) in [6.07, 6.45) is -5.95. The summed E-state index contributed by atoms with van der Waals surface area (Å²) in [6, 6.07) is 0.897. The lowest BCUT2D eigenvalue weighted by Gasteiger charge is -2.26. The Balaban J connectivity index is 5.13. The molecule has 0 amide bonds. The Morgan fingerprint density at radius 1 is 1.04 bits per heavy atom. The first-order valence-electron chi connectivity index (χ1n) is 5.42. The average molecular weight is 397 g/mol. The first kappa shape index (κ1) is 22.2. The number of nitrogens with zero attached hydrogens (tertiary/aromatic N) is 1. The van der Waals surface area contributed by atoms with Crippen LogP contribution in [0.4, 0.5) is 39.5 Å². The third-order valence-corrected chi connectivity index (χ3v) is 5.11. The number of thioether (sulfide) groups is 1. The number of rotatable bonds is 8. The van der Waals surface area contributed by atoms with Crippen molar-refractivity contribution in [1.82, 2.24) is 0 Å². The highest BCUT2D eigenvalue weighted by molar-refractivity contribution is 8.00. The van der Waals surface area contributed by atoms with Crippen LogP contribution >= 0.6 is 11.8 Å². The van der Waals surface area contributed by atoms with Crippen LogP contribution in [0.1, 0.15) is 6.42 Å². The van der Waals surface area contributed by atoms with Gasteiger partial charge in [0.1, 0.15) is 11.0 Å². The maximum absolute atomic E-state index is 13.1. The van der Waals surface area contributed by atoms with Crippen LogP contribution in [0.2, 0.25) is 0 Å². The summed E-state index contributed by atoms with van der Waals surface area (Å²) in [7, 11) is -5.37. The Morgan fingerprint density at radius 3 is 1.87 bits per heavy atom. The number of nitriles is 1. The Kier molecular flexibility index (Phi) is 7.10. The molecular weight excluding hydrogens is 389 g/mol. The molecule has 0 aromatic heterocycles. The zero-order valence-corrected chi connectivity index (χ0v) is 12.4. The predicted molar refractivity (Wildman–Crippen MR) is 62.2 cm³/mol. The van der Waals surface area contributed by atoms with Gasteiger partial charge in [-0.3, -0.25) is 0 Å². The highest BCUT2D eigenvalue weighted by Crippen LogP contribution is 2.40. The van der Waals surface area contributed by atoms with Crippen molar-refractivity contribution in [2.24, 2.45) is 0 Å². The van der Waals surface area contributed by atoms with Crippen LogP contribution in [-0.4, -0.2) is 49.0 Å². The van der Waals surface area contributed by atoms with E-state index in [1.807, 2.05) is 0 Å². The zero-order chi connectivity index (χ0) is 18.7. The molecule has 0 fully saturated rings. The second-order valence-electron chi connectivity index (χ2n) is 4.14. The van der Waals surface area contributed by atoms with E-state index in [2.05, 4.69) is 0 Å². The summed E-state index contributed by atoms with van der Waals surface area (Å²) in [5.41, 5.74) is -4.78. The van der Waals surface area contributed by atoms with Gasteiger partial charge < -0.3 is 0 Å². The van der Waals surface area contributed by atoms with Crippen molar-refractivity contribution >= 4 is 21.6 Å². The van der Waals surface area contributed by atoms with Gasteiger partial charge in [-0.25, -0.2) is 17.2 Å². The molecule has 0 aromatic carbocycles. The standard InChI is InChI=1S/C9H8F9NO2S2/c10-6(11)8(14,15)7(12,13)4-23(20,21)5(3-19)1-2-22-9(16,17)18/h5-6H,1-2,4H2. The number of halogens is 9. The van der Waals surface area contributed by atoms with E-state index in [0.29, 0.717) is 0 Å². The third kappa shape index (κ3) is 6.28. The normalized spacial score (nSPS) is 15.5. The monoisotopic (exact) mass is 397 g/mol. The number of hydrogen-bond acceptors (Lipinski definition) is 4. The molecule has 3 nitrogen and oxygen atoms in total. The van der Waals surface area contributed by atoms with Crippen LogP contribution in [0.15, 0.2) is 0 Å². The largest absolute Gasteiger partial charge is 0.441 e. The van der Waals surface area contributed by atoms with Crippen molar-refractivity contribution in [3.8, 4) is 6.07 Å². The SMILES string of the molecule is N#CC(CCSC(F)(F)F)S(=O)(=O)CC(F)(F)C(F)(F)C(F)F. The molecule has 0 saturated carbocycles. The quantitative estimate of drug-likeness (QED) is 0.589. The topological polar surface area (TPSA) is 57.9 Å². The van der Waals surface area contributed by atoms with Crippen molar-refractivity contribution in [3.63, 3.8) is 0 Å². The van der Waals surface area contributed by atoms with Gasteiger partial charge in [0.2, 0.25) is 0 Å². The minimum atomic E-state index is -5.97. The smallest absolute Gasteiger partial charge is 0.227 e. The molecule has 0 aliphatic heterocycles. The van der Waals surface area contributed by atoms with Crippen molar-refractivity contribution in [1.29, 1.82) is 5.26 Å². The van der Waals surface area contributed by atoms with E-state index in [0.717, 1.165) is 6.07 Å². The van der Waals surface area contributed by atoms with Gasteiger partial charge in [0, 0.05) is 5.75 Å². The first-order chi connectivity index (χ1) is 10.1. The summed E-state index contributed by atoms with van der Waals surface area (Å²) in [4.78, 5) is 0. The van der Waals surface area contributed by atoms with Crippen LogP contribution in [0.5, 0.6) is 0 Å². The van der Waals surface area contributed by atoms with E-state index >= 15 is 0 Å². The molecule has 0 rings (SSSR count). The van der Waals surface area contributed by atoms with E-state index in [1.54, 1.807) is 0 Å². The number of hydrogen-bond donors (Lipinski definition) is 0. The van der Waals surface area contributed by atoms with Gasteiger partial charge in [0.05, 0.1) is 6.07 Å². The predicted octanol–water partition coefficient (Wildman–Crippen LogP) is 3.47. The molecule has 0 radical (unpaired) electrons. The van der Waals surface area contributed by atoms with E-state index in [9.17, 15) is 47.9 Å². The molecule has 136 valence electrons. The fourth-order valence-electron chi connectivity index (χ4n) is 1.22. The van der Waals surface area contributed by atoms with E-state index in [4.69, 9.17) is 5.26 Å². The van der Waals surface area contributed by atoms with Gasteiger partial charge in [0.25, 0.3) is 0 Å². The minimum absolute atomic E-state index is 0.749. The molecule has 0 aliphatic rings. The minimum Gasteiger partial charge on any atom is -0.227 e. The summed E-state index contributed by atoms with van der Waals surface area (Å²) in [6.45, 7) is 0. The lowest BCUT2D eigenvalue weighted by atomic mass is 10.2. The fraction of sp³-hybridized carbons (Fsp3) is 0.889. The van der Waals surface area contributed by atoms with Crippen LogP contribution in [-0.2, 0) is 9.84 Å². The van der Waals surface area contributed by atoms with Crippen LogP contribution in [0, 0.1) is 11.3 Å². The van der Waals surface area contributed by atoms with Gasteiger partial charge in [0.15, 0.2) is 9.84 Å². The molecule has 1 atom stereocenters. The molecule has 0 spiro atoms. The van der Waals surface area contributed by atoms with Gasteiger partial charge in [-0.1, -0.05) is 11.8 Å². The van der Waals surface area contributed by atoms with Crippen molar-refractivity contribution in [3.05, 3.63) is 0 Å². The third-order valence-electron chi connectivity index (χ3n) is 2.37. The van der Waals surface area contributed by atoms with Crippen molar-refractivity contribution in [2.75, 3.05) is 11.5 Å². The molecule has 23 heavy (non-hydrogen) atoms. The van der Waals surface area contributed by atoms with Gasteiger partial charge in [-0.2, -0.15) is 36.0 Å². The molecule has 1 unspecified atom stereocenters. The highest BCUT2D eigenvalue weighted by atomic mass is 32.2. The van der Waals surface area contributed by atoms with Gasteiger partial charge in [-0.15, -0.1) is 0 Å². The molecule has 0 N–H and O–H groups in total. The maximum Gasteiger partial charge on any atom is 0.441 e. The molecule has 0 heterocycles.